The first kappa shape index (κ1) is 8.23. The fourth-order valence-electron chi connectivity index (χ4n) is 0.193. The summed E-state index contributed by atoms with van der Waals surface area (Å²) < 4.78 is 4.08. The summed E-state index contributed by atoms with van der Waals surface area (Å²) in [5.41, 5.74) is 0. The van der Waals surface area contributed by atoms with Gasteiger partial charge < -0.3 is 9.84 Å². The van der Waals surface area contributed by atoms with Crippen molar-refractivity contribution in [3.63, 3.8) is 0 Å². The highest BCUT2D eigenvalue weighted by Crippen LogP contribution is 1.80. The zero-order chi connectivity index (χ0) is 7.28. The van der Waals surface area contributed by atoms with Gasteiger partial charge in [-0.05, 0) is 0 Å². The van der Waals surface area contributed by atoms with Crippen LogP contribution in [0, 0.1) is 0 Å². The molecule has 4 nitrogen and oxygen atoms in total. The van der Waals surface area contributed by atoms with E-state index in [1.165, 1.54) is 0 Å². The second-order valence-electron chi connectivity index (χ2n) is 1.13. The maximum absolute atomic E-state index is 10.0. The van der Waals surface area contributed by atoms with E-state index < -0.39 is 11.9 Å². The molecule has 0 spiro atoms. The van der Waals surface area contributed by atoms with Gasteiger partial charge in [0.1, 0.15) is 6.61 Å². The molecule has 0 fully saturated rings. The van der Waals surface area contributed by atoms with Crippen molar-refractivity contribution in [2.75, 3.05) is 12.5 Å². The minimum atomic E-state index is -1.60. The second-order valence-corrected chi connectivity index (χ2v) is 1.51. The molecule has 0 aromatic rings. The summed E-state index contributed by atoms with van der Waals surface area (Å²) in [6.07, 6.45) is 0. The molecular weight excluding hydrogens is 147 g/mol. The molecule has 0 heterocycles. The van der Waals surface area contributed by atoms with Gasteiger partial charge in [-0.3, -0.25) is 0 Å². The number of carboxylic acids is 1. The Morgan fingerprint density at radius 3 is 2.44 bits per heavy atom. The first-order chi connectivity index (χ1) is 4.18. The highest BCUT2D eigenvalue weighted by Gasteiger charge is 2.10. The molecule has 0 aliphatic heterocycles. The third-order valence-corrected chi connectivity index (χ3v) is 0.639. The van der Waals surface area contributed by atoms with Crippen molar-refractivity contribution in [1.82, 2.24) is 0 Å². The molecule has 0 bridgehead atoms. The van der Waals surface area contributed by atoms with Gasteiger partial charge in [0.15, 0.2) is 0 Å². The fraction of sp³-hybridized carbons (Fsp3) is 0.500. The Balaban J connectivity index is 3.39. The Morgan fingerprint density at radius 2 is 2.11 bits per heavy atom. The number of alkyl halides is 1. The third-order valence-electron chi connectivity index (χ3n) is 0.485. The molecule has 0 rings (SSSR count). The van der Waals surface area contributed by atoms with Crippen molar-refractivity contribution in [1.29, 1.82) is 0 Å². The lowest BCUT2D eigenvalue weighted by Crippen LogP contribution is -2.17. The number of aliphatic carboxylic acids is 1. The summed E-state index contributed by atoms with van der Waals surface area (Å²) in [6, 6.07) is 0. The van der Waals surface area contributed by atoms with Crippen LogP contribution in [0.1, 0.15) is 0 Å². The van der Waals surface area contributed by atoms with Crippen molar-refractivity contribution in [3.05, 3.63) is 0 Å². The van der Waals surface area contributed by atoms with E-state index in [9.17, 15) is 9.59 Å². The average Bonchev–Trinajstić information content (AvgIpc) is 1.82. The van der Waals surface area contributed by atoms with Crippen molar-refractivity contribution in [3.8, 4) is 0 Å². The molecule has 0 aliphatic rings. The largest absolute Gasteiger partial charge is 0.473 e. The predicted molar refractivity (Wildman–Crippen MR) is 29.3 cm³/mol. The fourth-order valence-corrected chi connectivity index (χ4v) is 0.270. The Kier molecular flexibility index (Phi) is 3.79. The van der Waals surface area contributed by atoms with Crippen LogP contribution < -0.4 is 0 Å². The number of esters is 1. The van der Waals surface area contributed by atoms with Crippen LogP contribution in [0.2, 0.25) is 0 Å². The van der Waals surface area contributed by atoms with Crippen LogP contribution in [0.3, 0.4) is 0 Å². The zero-order valence-corrected chi connectivity index (χ0v) is 5.22. The van der Waals surface area contributed by atoms with Gasteiger partial charge in [-0.25, -0.2) is 9.59 Å². The smallest absolute Gasteiger partial charge is 0.417 e. The van der Waals surface area contributed by atoms with Crippen molar-refractivity contribution in [2.24, 2.45) is 0 Å². The van der Waals surface area contributed by atoms with Crippen LogP contribution in [0.4, 0.5) is 0 Å². The Hall–Kier alpha value is -0.770. The molecule has 0 aliphatic carbocycles. The van der Waals surface area contributed by atoms with Crippen LogP contribution in [-0.2, 0) is 14.3 Å². The van der Waals surface area contributed by atoms with Gasteiger partial charge in [-0.1, -0.05) is 0 Å². The zero-order valence-electron chi connectivity index (χ0n) is 4.46. The topological polar surface area (TPSA) is 63.6 Å². The van der Waals surface area contributed by atoms with Gasteiger partial charge in [-0.2, -0.15) is 0 Å². The third kappa shape index (κ3) is 3.78. The first-order valence-electron chi connectivity index (χ1n) is 2.14. The van der Waals surface area contributed by atoms with E-state index in [0.717, 1.165) is 0 Å². The number of hydrogen-bond donors (Lipinski definition) is 1. The summed E-state index contributed by atoms with van der Waals surface area (Å²) >= 11 is 5.08. The molecule has 0 radical (unpaired) electrons. The molecule has 1 N–H and O–H groups in total. The van der Waals surface area contributed by atoms with E-state index in [1.807, 2.05) is 0 Å². The van der Waals surface area contributed by atoms with Gasteiger partial charge in [0.05, 0.1) is 5.88 Å². The molecule has 0 atom stereocenters. The maximum Gasteiger partial charge on any atom is 0.417 e. The lowest BCUT2D eigenvalue weighted by atomic mass is 10.7. The minimum Gasteiger partial charge on any atom is -0.473 e. The van der Waals surface area contributed by atoms with Crippen LogP contribution in [0.5, 0.6) is 0 Å². The second kappa shape index (κ2) is 4.14. The summed E-state index contributed by atoms with van der Waals surface area (Å²) in [7, 11) is 0. The van der Waals surface area contributed by atoms with Gasteiger partial charge in [0.2, 0.25) is 0 Å². The van der Waals surface area contributed by atoms with Crippen molar-refractivity contribution >= 4 is 23.5 Å². The number of hydrogen-bond acceptors (Lipinski definition) is 3. The SMILES string of the molecule is O=C(O)C(=O)OCCCl. The highest BCUT2D eigenvalue weighted by molar-refractivity contribution is 6.28. The van der Waals surface area contributed by atoms with E-state index in [0.29, 0.717) is 0 Å². The van der Waals surface area contributed by atoms with Gasteiger partial charge in [-0.15, -0.1) is 11.6 Å². The number of rotatable bonds is 2. The monoisotopic (exact) mass is 152 g/mol. The summed E-state index contributed by atoms with van der Waals surface area (Å²) in [5.74, 6) is -2.75. The van der Waals surface area contributed by atoms with Gasteiger partial charge in [0, 0.05) is 0 Å². The lowest BCUT2D eigenvalue weighted by Gasteiger charge is -1.94. The molecule has 0 unspecified atom stereocenters. The van der Waals surface area contributed by atoms with E-state index in [2.05, 4.69) is 4.74 Å². The van der Waals surface area contributed by atoms with E-state index in [1.54, 1.807) is 0 Å². The van der Waals surface area contributed by atoms with Gasteiger partial charge in [0.25, 0.3) is 0 Å². The molecule has 5 heteroatoms. The molecule has 52 valence electrons. The van der Waals surface area contributed by atoms with Crippen LogP contribution in [-0.4, -0.2) is 29.5 Å². The molecule has 9 heavy (non-hydrogen) atoms. The Morgan fingerprint density at radius 1 is 1.56 bits per heavy atom. The summed E-state index contributed by atoms with van der Waals surface area (Å²) in [5, 5.41) is 7.89. The predicted octanol–water partition coefficient (Wildman–Crippen LogP) is -0.147. The normalized spacial score (nSPS) is 8.56. The van der Waals surface area contributed by atoms with E-state index >= 15 is 0 Å². The van der Waals surface area contributed by atoms with Crippen molar-refractivity contribution in [2.45, 2.75) is 0 Å². The number of carbonyl (C=O) groups excluding carboxylic acids is 1. The van der Waals surface area contributed by atoms with E-state index in [-0.39, 0.29) is 12.5 Å². The summed E-state index contributed by atoms with van der Waals surface area (Å²) in [6.45, 7) is -0.0628. The highest BCUT2D eigenvalue weighted by atomic mass is 35.5. The average molecular weight is 153 g/mol. The van der Waals surface area contributed by atoms with Gasteiger partial charge >= 0.3 is 11.9 Å². The lowest BCUT2D eigenvalue weighted by molar-refractivity contribution is -0.163. The minimum absolute atomic E-state index is 0.0628. The molecule has 0 saturated carbocycles. The summed E-state index contributed by atoms with van der Waals surface area (Å²) in [4.78, 5) is 19.7. The molecular formula is C4H5ClO4. The number of ether oxygens (including phenoxy) is 1. The van der Waals surface area contributed by atoms with Crippen molar-refractivity contribution < 1.29 is 19.4 Å². The van der Waals surface area contributed by atoms with Crippen LogP contribution >= 0.6 is 11.6 Å². The van der Waals surface area contributed by atoms with E-state index in [4.69, 9.17) is 16.7 Å². The standard InChI is InChI=1S/C4H5ClO4/c5-1-2-9-4(8)3(6)7/h1-2H2,(H,6,7). The molecule has 0 aromatic carbocycles. The maximum atomic E-state index is 10.0. The first-order valence-corrected chi connectivity index (χ1v) is 2.68. The van der Waals surface area contributed by atoms with Crippen LogP contribution in [0.25, 0.3) is 0 Å². The molecule has 0 aromatic heterocycles. The quantitative estimate of drug-likeness (QED) is 0.340. The Bertz CT molecular complexity index is 122. The van der Waals surface area contributed by atoms with Crippen LogP contribution in [0.15, 0.2) is 0 Å². The number of halogens is 1. The molecule has 0 amide bonds. The Labute approximate surface area is 56.4 Å². The number of carbonyl (C=O) groups is 2. The molecule has 0 saturated heterocycles. The number of carboxylic acid groups (broad SMARTS) is 1.